The molecule has 0 spiro atoms. The first kappa shape index (κ1) is 22.9. The highest BCUT2D eigenvalue weighted by atomic mass is 19.1. The molecule has 1 fully saturated rings. The lowest BCUT2D eigenvalue weighted by Gasteiger charge is -2.25. The number of halogens is 1. The summed E-state index contributed by atoms with van der Waals surface area (Å²) < 4.78 is 21.5. The van der Waals surface area contributed by atoms with Crippen molar-refractivity contribution in [1.29, 1.82) is 0 Å². The Morgan fingerprint density at radius 3 is 2.80 bits per heavy atom. The van der Waals surface area contributed by atoms with E-state index in [0.29, 0.717) is 34.8 Å². The molecule has 0 unspecified atom stereocenters. The van der Waals surface area contributed by atoms with Gasteiger partial charge >= 0.3 is 0 Å². The molecule has 0 aliphatic heterocycles. The molecule has 9 heteroatoms. The van der Waals surface area contributed by atoms with Crippen molar-refractivity contribution < 1.29 is 13.9 Å². The van der Waals surface area contributed by atoms with Crippen molar-refractivity contribution in [3.05, 3.63) is 81.8 Å². The number of nitrogens with zero attached hydrogens (tertiary/aromatic N) is 3. The lowest BCUT2D eigenvalue weighted by Crippen LogP contribution is -2.27. The van der Waals surface area contributed by atoms with Crippen molar-refractivity contribution in [1.82, 2.24) is 25.0 Å². The molecule has 35 heavy (non-hydrogen) atoms. The summed E-state index contributed by atoms with van der Waals surface area (Å²) in [6, 6.07) is 11.4. The number of carbonyl (C=O) groups is 1. The molecule has 0 saturated heterocycles. The molecule has 0 radical (unpaired) electrons. The van der Waals surface area contributed by atoms with Crippen molar-refractivity contribution in [3.8, 4) is 5.88 Å². The first-order valence-electron chi connectivity index (χ1n) is 11.7. The van der Waals surface area contributed by atoms with Crippen LogP contribution in [-0.2, 0) is 13.1 Å². The minimum Gasteiger partial charge on any atom is -0.481 e. The van der Waals surface area contributed by atoms with Gasteiger partial charge in [0.05, 0.1) is 19.3 Å². The fraction of sp³-hybridized carbons (Fsp3) is 0.308. The number of ether oxygens (including phenoxy) is 1. The van der Waals surface area contributed by atoms with Crippen LogP contribution in [0.4, 0.5) is 4.39 Å². The molecule has 0 atom stereocenters. The lowest BCUT2D eigenvalue weighted by molar-refractivity contribution is 0.0945. The summed E-state index contributed by atoms with van der Waals surface area (Å²) >= 11 is 0. The van der Waals surface area contributed by atoms with Gasteiger partial charge in [-0.25, -0.2) is 14.4 Å². The number of hydrogen-bond donors (Lipinski definition) is 2. The Kier molecular flexibility index (Phi) is 6.41. The fourth-order valence-corrected chi connectivity index (χ4v) is 4.27. The smallest absolute Gasteiger partial charge is 0.270 e. The quantitative estimate of drug-likeness (QED) is 0.406. The number of benzene rings is 1. The normalized spacial score (nSPS) is 13.7. The van der Waals surface area contributed by atoms with Gasteiger partial charge in [0.2, 0.25) is 5.88 Å². The summed E-state index contributed by atoms with van der Waals surface area (Å²) in [6.45, 7) is 1.42. The van der Waals surface area contributed by atoms with Gasteiger partial charge in [-0.3, -0.25) is 14.0 Å². The van der Waals surface area contributed by atoms with Gasteiger partial charge in [-0.15, -0.1) is 0 Å². The van der Waals surface area contributed by atoms with E-state index in [-0.39, 0.29) is 29.5 Å². The largest absolute Gasteiger partial charge is 0.481 e. The number of fused-ring (bicyclic) bond motifs is 2. The van der Waals surface area contributed by atoms with Gasteiger partial charge in [0.15, 0.2) is 0 Å². The number of nitrogens with one attached hydrogen (secondary N) is 2. The lowest BCUT2D eigenvalue weighted by atomic mass is 9.85. The third-order valence-corrected chi connectivity index (χ3v) is 6.42. The Morgan fingerprint density at radius 1 is 1.17 bits per heavy atom. The highest BCUT2D eigenvalue weighted by molar-refractivity contribution is 5.93. The number of amides is 1. The summed E-state index contributed by atoms with van der Waals surface area (Å²) in [5.74, 6) is 0.163. The summed E-state index contributed by atoms with van der Waals surface area (Å²) in [6.07, 6.45) is 5.33. The zero-order chi connectivity index (χ0) is 24.4. The second-order valence-electron chi connectivity index (χ2n) is 8.81. The van der Waals surface area contributed by atoms with E-state index in [2.05, 4.69) is 20.6 Å². The average Bonchev–Trinajstić information content (AvgIpc) is 2.83. The van der Waals surface area contributed by atoms with E-state index in [1.807, 2.05) is 0 Å². The molecule has 1 aliphatic carbocycles. The second-order valence-corrected chi connectivity index (χ2v) is 8.81. The van der Waals surface area contributed by atoms with Crippen molar-refractivity contribution >= 4 is 22.3 Å². The number of hydrogen-bond acceptors (Lipinski definition) is 6. The van der Waals surface area contributed by atoms with Crippen LogP contribution in [0.25, 0.3) is 16.4 Å². The monoisotopic (exact) mass is 475 g/mol. The highest BCUT2D eigenvalue weighted by Crippen LogP contribution is 2.28. The number of pyridine rings is 2. The number of aromatic nitrogens is 3. The van der Waals surface area contributed by atoms with Crippen LogP contribution in [0, 0.1) is 11.7 Å². The van der Waals surface area contributed by atoms with Crippen molar-refractivity contribution in [2.45, 2.75) is 32.4 Å². The van der Waals surface area contributed by atoms with E-state index in [4.69, 9.17) is 4.74 Å². The standard InChI is InChI=1S/C26H26FN5O3/c1-35-26-20-11-21(27)18(14-28-13-16-5-4-6-16)9-17(20)10-19(30-26)15-29-25(34)22-12-24(33)32-8-3-2-7-23(32)31-22/h2-3,7-12,16,28H,4-6,13-15H2,1H3,(H,29,34). The molecule has 1 aromatic carbocycles. The van der Waals surface area contributed by atoms with E-state index >= 15 is 0 Å². The van der Waals surface area contributed by atoms with Crippen molar-refractivity contribution in [3.63, 3.8) is 0 Å². The predicted octanol–water partition coefficient (Wildman–Crippen LogP) is 3.21. The molecule has 8 nitrogen and oxygen atoms in total. The van der Waals surface area contributed by atoms with Gasteiger partial charge in [-0.2, -0.15) is 0 Å². The molecule has 4 aromatic rings. The van der Waals surface area contributed by atoms with Crippen LogP contribution in [0.5, 0.6) is 5.88 Å². The van der Waals surface area contributed by atoms with E-state index in [9.17, 15) is 14.0 Å². The van der Waals surface area contributed by atoms with E-state index in [1.54, 1.807) is 36.5 Å². The molecule has 1 amide bonds. The second kappa shape index (κ2) is 9.79. The van der Waals surface area contributed by atoms with Crippen LogP contribution in [0.3, 0.4) is 0 Å². The van der Waals surface area contributed by atoms with Crippen molar-refractivity contribution in [2.24, 2.45) is 5.92 Å². The van der Waals surface area contributed by atoms with Crippen molar-refractivity contribution in [2.75, 3.05) is 13.7 Å². The molecular weight excluding hydrogens is 449 g/mol. The zero-order valence-electron chi connectivity index (χ0n) is 19.4. The van der Waals surface area contributed by atoms with Gasteiger partial charge in [-0.1, -0.05) is 12.5 Å². The predicted molar refractivity (Wildman–Crippen MR) is 130 cm³/mol. The van der Waals surface area contributed by atoms with E-state index in [1.165, 1.54) is 42.9 Å². The van der Waals surface area contributed by atoms with Crippen LogP contribution in [0.1, 0.15) is 41.0 Å². The molecule has 1 aliphatic rings. The maximum absolute atomic E-state index is 14.7. The highest BCUT2D eigenvalue weighted by Gasteiger charge is 2.17. The zero-order valence-corrected chi connectivity index (χ0v) is 19.4. The maximum atomic E-state index is 14.7. The summed E-state index contributed by atoms with van der Waals surface area (Å²) in [5.41, 5.74) is 1.18. The van der Waals surface area contributed by atoms with Crippen LogP contribution in [0.2, 0.25) is 0 Å². The molecule has 3 aromatic heterocycles. The Bertz CT molecular complexity index is 1470. The molecule has 180 valence electrons. The molecule has 5 rings (SSSR count). The maximum Gasteiger partial charge on any atom is 0.270 e. The Hall–Kier alpha value is -3.85. The third kappa shape index (κ3) is 4.85. The van der Waals surface area contributed by atoms with Gasteiger partial charge in [0, 0.05) is 29.8 Å². The molecule has 0 bridgehead atoms. The van der Waals surface area contributed by atoms with Crippen LogP contribution in [-0.4, -0.2) is 33.9 Å². The van der Waals surface area contributed by atoms with Gasteiger partial charge in [0.1, 0.15) is 17.2 Å². The average molecular weight is 476 g/mol. The van der Waals surface area contributed by atoms with E-state index < -0.39 is 5.91 Å². The van der Waals surface area contributed by atoms with Crippen LogP contribution >= 0.6 is 0 Å². The Morgan fingerprint density at radius 2 is 2.03 bits per heavy atom. The minimum atomic E-state index is -0.491. The Labute approximate surface area is 201 Å². The van der Waals surface area contributed by atoms with Gasteiger partial charge < -0.3 is 15.4 Å². The summed E-state index contributed by atoms with van der Waals surface area (Å²) in [7, 11) is 1.47. The number of rotatable bonds is 8. The van der Waals surface area contributed by atoms with Crippen LogP contribution < -0.4 is 20.9 Å². The van der Waals surface area contributed by atoms with Gasteiger partial charge in [-0.05, 0) is 61.0 Å². The minimum absolute atomic E-state index is 0.0239. The fourth-order valence-electron chi connectivity index (χ4n) is 4.27. The topological polar surface area (TPSA) is 97.6 Å². The molecule has 1 saturated carbocycles. The van der Waals surface area contributed by atoms with Gasteiger partial charge in [0.25, 0.3) is 11.5 Å². The third-order valence-electron chi connectivity index (χ3n) is 6.42. The Balaban J connectivity index is 1.35. The first-order valence-corrected chi connectivity index (χ1v) is 11.7. The van der Waals surface area contributed by atoms with E-state index in [0.717, 1.165) is 11.9 Å². The first-order chi connectivity index (χ1) is 17.0. The molecule has 3 heterocycles. The molecular formula is C26H26FN5O3. The molecule has 2 N–H and O–H groups in total. The van der Waals surface area contributed by atoms with Crippen LogP contribution in [0.15, 0.2) is 53.5 Å². The number of carbonyl (C=O) groups excluding carboxylic acids is 1. The summed E-state index contributed by atoms with van der Waals surface area (Å²) in [4.78, 5) is 33.7. The summed E-state index contributed by atoms with van der Waals surface area (Å²) in [5, 5.41) is 7.44. The number of methoxy groups -OCH3 is 1. The SMILES string of the molecule is COc1nc(CNC(=O)c2cc(=O)n3ccccc3n2)cc2cc(CNCC3CCC3)c(F)cc12.